The first-order chi connectivity index (χ1) is 14.8. The topological polar surface area (TPSA) is 60.9 Å². The molecule has 0 saturated carbocycles. The van der Waals surface area contributed by atoms with Crippen LogP contribution < -0.4 is 5.32 Å². The van der Waals surface area contributed by atoms with Crippen molar-refractivity contribution in [2.75, 3.05) is 65.6 Å². The molecular formula is C23H37N5O2. The molecule has 7 nitrogen and oxygen atoms in total. The summed E-state index contributed by atoms with van der Waals surface area (Å²) in [4.78, 5) is 24.4. The maximum Gasteiger partial charge on any atom is 0.224 e. The van der Waals surface area contributed by atoms with Gasteiger partial charge in [0.25, 0.3) is 0 Å². The van der Waals surface area contributed by atoms with Crippen molar-refractivity contribution in [2.45, 2.75) is 38.3 Å². The highest BCUT2D eigenvalue weighted by Crippen LogP contribution is 2.24. The molecule has 1 amide bonds. The van der Waals surface area contributed by atoms with Crippen molar-refractivity contribution < 1.29 is 9.53 Å². The van der Waals surface area contributed by atoms with Crippen LogP contribution in [0.2, 0.25) is 0 Å². The molecule has 0 aliphatic carbocycles. The number of aromatic nitrogens is 1. The zero-order valence-corrected chi connectivity index (χ0v) is 18.2. The lowest BCUT2D eigenvalue weighted by molar-refractivity contribution is -0.127. The summed E-state index contributed by atoms with van der Waals surface area (Å²) in [5.74, 6) is 0.404. The average molecular weight is 416 g/mol. The fourth-order valence-corrected chi connectivity index (χ4v) is 5.05. The van der Waals surface area contributed by atoms with E-state index in [1.165, 1.54) is 18.4 Å². The van der Waals surface area contributed by atoms with Crippen molar-refractivity contribution in [1.82, 2.24) is 25.0 Å². The van der Waals surface area contributed by atoms with Gasteiger partial charge < -0.3 is 10.1 Å². The lowest BCUT2D eigenvalue weighted by Crippen LogP contribution is -2.51. The molecule has 166 valence electrons. The van der Waals surface area contributed by atoms with Crippen LogP contribution in [-0.4, -0.2) is 97.2 Å². The van der Waals surface area contributed by atoms with Crippen LogP contribution in [-0.2, 0) is 16.1 Å². The molecule has 7 heteroatoms. The van der Waals surface area contributed by atoms with E-state index in [4.69, 9.17) is 4.74 Å². The number of pyridine rings is 1. The van der Waals surface area contributed by atoms with E-state index < -0.39 is 0 Å². The molecule has 0 spiro atoms. The van der Waals surface area contributed by atoms with Gasteiger partial charge in [-0.2, -0.15) is 0 Å². The third kappa shape index (κ3) is 6.23. The zero-order valence-electron chi connectivity index (χ0n) is 18.2. The number of piperidine rings is 2. The van der Waals surface area contributed by atoms with Crippen molar-refractivity contribution in [3.05, 3.63) is 30.1 Å². The molecule has 1 N–H and O–H groups in total. The molecule has 0 unspecified atom stereocenters. The molecule has 3 aliphatic rings. The molecule has 3 aliphatic heterocycles. The minimum atomic E-state index is 0.151. The van der Waals surface area contributed by atoms with Crippen LogP contribution in [0.25, 0.3) is 0 Å². The van der Waals surface area contributed by atoms with Gasteiger partial charge in [0.05, 0.1) is 19.1 Å². The van der Waals surface area contributed by atoms with Crippen molar-refractivity contribution in [2.24, 2.45) is 5.92 Å². The van der Waals surface area contributed by atoms with Gasteiger partial charge in [-0.3, -0.25) is 24.5 Å². The first kappa shape index (κ1) is 21.7. The molecular weight excluding hydrogens is 378 g/mol. The maximum absolute atomic E-state index is 12.7. The average Bonchev–Trinajstić information content (AvgIpc) is 2.81. The van der Waals surface area contributed by atoms with Crippen LogP contribution in [0.5, 0.6) is 0 Å². The van der Waals surface area contributed by atoms with E-state index in [0.717, 1.165) is 85.0 Å². The minimum absolute atomic E-state index is 0.151. The van der Waals surface area contributed by atoms with Crippen molar-refractivity contribution in [3.8, 4) is 0 Å². The Labute approximate surface area is 180 Å². The van der Waals surface area contributed by atoms with E-state index in [2.05, 4.69) is 37.1 Å². The van der Waals surface area contributed by atoms with E-state index in [1.807, 2.05) is 12.4 Å². The number of likely N-dealkylation sites (tertiary alicyclic amines) is 2. The van der Waals surface area contributed by atoms with E-state index in [-0.39, 0.29) is 11.8 Å². The van der Waals surface area contributed by atoms with Gasteiger partial charge in [-0.25, -0.2) is 0 Å². The quantitative estimate of drug-likeness (QED) is 0.722. The summed E-state index contributed by atoms with van der Waals surface area (Å²) in [5.41, 5.74) is 1.34. The number of rotatable bonds is 7. The maximum atomic E-state index is 12.7. The van der Waals surface area contributed by atoms with E-state index in [0.29, 0.717) is 6.04 Å². The number of carbonyl (C=O) groups is 1. The summed E-state index contributed by atoms with van der Waals surface area (Å²) in [5, 5.41) is 3.20. The summed E-state index contributed by atoms with van der Waals surface area (Å²) >= 11 is 0. The third-order valence-corrected chi connectivity index (χ3v) is 6.88. The Morgan fingerprint density at radius 2 is 1.80 bits per heavy atom. The van der Waals surface area contributed by atoms with Gasteiger partial charge in [0.15, 0.2) is 0 Å². The number of hydrogen-bond acceptors (Lipinski definition) is 6. The Kier molecular flexibility index (Phi) is 8.08. The molecule has 3 fully saturated rings. The molecule has 0 radical (unpaired) electrons. The molecule has 30 heavy (non-hydrogen) atoms. The Balaban J connectivity index is 1.17. The normalized spacial score (nSPS) is 25.3. The van der Waals surface area contributed by atoms with E-state index in [1.54, 1.807) is 0 Å². The standard InChI is InChI=1S/C23H37N5O2/c29-23(25-9-13-26-14-16-30-17-15-26)21-2-1-10-28(19-21)22-5-11-27(12-6-22)18-20-3-7-24-8-4-20/h3-4,7-8,21-22H,1-2,5-6,9-19H2,(H,25,29)/t21-/m1/s1. The fraction of sp³-hybridized carbons (Fsp3) is 0.739. The Hall–Kier alpha value is -1.54. The van der Waals surface area contributed by atoms with Crippen LogP contribution in [0.1, 0.15) is 31.2 Å². The van der Waals surface area contributed by atoms with Gasteiger partial charge >= 0.3 is 0 Å². The first-order valence-electron chi connectivity index (χ1n) is 11.7. The van der Waals surface area contributed by atoms with Gasteiger partial charge in [0.1, 0.15) is 0 Å². The fourth-order valence-electron chi connectivity index (χ4n) is 5.05. The van der Waals surface area contributed by atoms with E-state index in [9.17, 15) is 4.79 Å². The number of carbonyl (C=O) groups excluding carboxylic acids is 1. The van der Waals surface area contributed by atoms with Gasteiger partial charge in [0, 0.05) is 57.7 Å². The van der Waals surface area contributed by atoms with E-state index >= 15 is 0 Å². The first-order valence-corrected chi connectivity index (χ1v) is 11.7. The molecule has 3 saturated heterocycles. The SMILES string of the molecule is O=C(NCCN1CCOCC1)[C@@H]1CCCN(C2CCN(Cc3ccncc3)CC2)C1. The Morgan fingerprint density at radius 3 is 2.57 bits per heavy atom. The molecule has 1 aromatic rings. The molecule has 0 aromatic carbocycles. The molecule has 1 atom stereocenters. The molecule has 4 heterocycles. The van der Waals surface area contributed by atoms with Crippen molar-refractivity contribution in [3.63, 3.8) is 0 Å². The largest absolute Gasteiger partial charge is 0.379 e. The van der Waals surface area contributed by atoms with Crippen molar-refractivity contribution in [1.29, 1.82) is 0 Å². The van der Waals surface area contributed by atoms with Gasteiger partial charge in [-0.1, -0.05) is 0 Å². The second-order valence-corrected chi connectivity index (χ2v) is 8.94. The Morgan fingerprint density at radius 1 is 1.03 bits per heavy atom. The van der Waals surface area contributed by atoms with Gasteiger partial charge in [-0.15, -0.1) is 0 Å². The van der Waals surface area contributed by atoms with Crippen LogP contribution in [0.3, 0.4) is 0 Å². The lowest BCUT2D eigenvalue weighted by atomic mass is 9.93. The Bertz CT molecular complexity index is 644. The minimum Gasteiger partial charge on any atom is -0.379 e. The summed E-state index contributed by atoms with van der Waals surface area (Å²) in [6.45, 7) is 10.6. The van der Waals surface area contributed by atoms with Crippen LogP contribution >= 0.6 is 0 Å². The predicted octanol–water partition coefficient (Wildman–Crippen LogP) is 1.21. The van der Waals surface area contributed by atoms with Crippen LogP contribution in [0, 0.1) is 5.92 Å². The monoisotopic (exact) mass is 415 g/mol. The number of morpholine rings is 1. The van der Waals surface area contributed by atoms with Crippen molar-refractivity contribution >= 4 is 5.91 Å². The summed E-state index contributed by atoms with van der Waals surface area (Å²) in [7, 11) is 0. The summed E-state index contributed by atoms with van der Waals surface area (Å²) < 4.78 is 5.39. The second kappa shape index (κ2) is 11.2. The molecule has 0 bridgehead atoms. The van der Waals surface area contributed by atoms with Crippen LogP contribution in [0.15, 0.2) is 24.5 Å². The van der Waals surface area contributed by atoms with Gasteiger partial charge in [-0.05, 0) is 63.0 Å². The van der Waals surface area contributed by atoms with Gasteiger partial charge in [0.2, 0.25) is 5.91 Å². The number of hydrogen-bond donors (Lipinski definition) is 1. The molecule has 1 aromatic heterocycles. The predicted molar refractivity (Wildman–Crippen MR) is 117 cm³/mol. The molecule has 4 rings (SSSR count). The van der Waals surface area contributed by atoms with Crippen LogP contribution in [0.4, 0.5) is 0 Å². The zero-order chi connectivity index (χ0) is 20.6. The number of ether oxygens (including phenoxy) is 1. The highest BCUT2D eigenvalue weighted by Gasteiger charge is 2.31. The summed E-state index contributed by atoms with van der Waals surface area (Å²) in [6.07, 6.45) is 8.33. The lowest BCUT2D eigenvalue weighted by Gasteiger charge is -2.42. The number of nitrogens with zero attached hydrogens (tertiary/aromatic N) is 4. The third-order valence-electron chi connectivity index (χ3n) is 6.88. The summed E-state index contributed by atoms with van der Waals surface area (Å²) in [6, 6.07) is 4.85. The highest BCUT2D eigenvalue weighted by atomic mass is 16.5. The highest BCUT2D eigenvalue weighted by molar-refractivity contribution is 5.78. The second-order valence-electron chi connectivity index (χ2n) is 8.94. The number of nitrogens with one attached hydrogen (secondary N) is 1. The smallest absolute Gasteiger partial charge is 0.224 e. The number of amides is 1.